The van der Waals surface area contributed by atoms with Gasteiger partial charge in [0.15, 0.2) is 0 Å². The Labute approximate surface area is 43.8 Å². The zero-order valence-corrected chi connectivity index (χ0v) is 4.50. The highest BCUT2D eigenvalue weighted by Crippen LogP contribution is 1.87. The van der Waals surface area contributed by atoms with Crippen LogP contribution in [0.3, 0.4) is 0 Å². The van der Waals surface area contributed by atoms with E-state index in [0.29, 0.717) is 5.88 Å². The molecule has 0 aromatic heterocycles. The zero-order valence-electron chi connectivity index (χ0n) is 3.74. The molecule has 0 nitrogen and oxygen atoms in total. The average Bonchev–Trinajstić information content (AvgIpc) is 1.35. The van der Waals surface area contributed by atoms with Gasteiger partial charge in [-0.2, -0.15) is 0 Å². The minimum atomic E-state index is 0.516. The van der Waals surface area contributed by atoms with Crippen LogP contribution in [0.1, 0.15) is 6.92 Å². The van der Waals surface area contributed by atoms with Gasteiger partial charge in [-0.25, -0.2) is 0 Å². The molecule has 0 spiro atoms. The molecule has 0 bridgehead atoms. The summed E-state index contributed by atoms with van der Waals surface area (Å²) in [6, 6.07) is 0. The summed E-state index contributed by atoms with van der Waals surface area (Å²) in [5, 5.41) is 0. The third kappa shape index (κ3) is 4.03. The lowest BCUT2D eigenvalue weighted by atomic mass is 10.3. The fourth-order valence-corrected chi connectivity index (χ4v) is 0.365. The van der Waals surface area contributed by atoms with E-state index >= 15 is 0 Å². The first-order valence-corrected chi connectivity index (χ1v) is 2.29. The zero-order chi connectivity index (χ0) is 4.99. The maximum Gasteiger partial charge on any atom is 0.0406 e. The molecule has 0 aromatic rings. The van der Waals surface area contributed by atoms with Crippen LogP contribution in [0.5, 0.6) is 0 Å². The van der Waals surface area contributed by atoms with Crippen LogP contribution in [-0.2, 0) is 0 Å². The summed E-state index contributed by atoms with van der Waals surface area (Å²) < 4.78 is 0. The Bertz CT molecular complexity index is 51.0. The van der Waals surface area contributed by atoms with Crippen molar-refractivity contribution in [3.8, 4) is 0 Å². The predicted octanol–water partition coefficient (Wildman–Crippen LogP) is 1.88. The van der Waals surface area contributed by atoms with E-state index in [-0.39, 0.29) is 0 Å². The van der Waals surface area contributed by atoms with Gasteiger partial charge >= 0.3 is 0 Å². The normalized spacial score (nSPS) is 12.2. The molecule has 0 heterocycles. The molecular weight excluding hydrogens is 95.5 g/mol. The van der Waals surface area contributed by atoms with Crippen molar-refractivity contribution in [2.24, 2.45) is 0 Å². The van der Waals surface area contributed by atoms with Crippen molar-refractivity contribution in [1.29, 1.82) is 0 Å². The third-order valence-corrected chi connectivity index (χ3v) is 0.553. The number of hydrogen-bond acceptors (Lipinski definition) is 0. The van der Waals surface area contributed by atoms with Crippen LogP contribution in [0, 0.1) is 6.92 Å². The van der Waals surface area contributed by atoms with Crippen LogP contribution < -0.4 is 0 Å². The van der Waals surface area contributed by atoms with E-state index in [4.69, 9.17) is 18.5 Å². The molecule has 0 aliphatic rings. The van der Waals surface area contributed by atoms with E-state index in [1.54, 1.807) is 6.08 Å². The molecule has 0 aliphatic carbocycles. The second-order valence-electron chi connectivity index (χ2n) is 1.10. The number of rotatable bonds is 1. The number of alkyl halides is 1. The summed E-state index contributed by atoms with van der Waals surface area (Å²) >= 11 is 5.24. The number of hydrogen-bond donors (Lipinski definition) is 0. The Kier molecular flexibility index (Phi) is 3.24. The second-order valence-corrected chi connectivity index (χ2v) is 1.41. The van der Waals surface area contributed by atoms with Gasteiger partial charge in [-0.3, -0.25) is 0 Å². The van der Waals surface area contributed by atoms with Gasteiger partial charge in [-0.05, 0) is 13.8 Å². The average molecular weight is 103 g/mol. The Hall–Kier alpha value is 0.0300. The van der Waals surface area contributed by atoms with Gasteiger partial charge in [-0.1, -0.05) is 11.6 Å². The molecule has 6 heavy (non-hydrogen) atoms. The summed E-state index contributed by atoms with van der Waals surface area (Å²) in [4.78, 5) is 0. The lowest BCUT2D eigenvalue weighted by Gasteiger charge is -1.78. The van der Waals surface area contributed by atoms with Crippen molar-refractivity contribution in [2.75, 3.05) is 5.88 Å². The van der Waals surface area contributed by atoms with Gasteiger partial charge in [0, 0.05) is 5.88 Å². The van der Waals surface area contributed by atoms with Crippen LogP contribution >= 0.6 is 11.6 Å². The van der Waals surface area contributed by atoms with Gasteiger partial charge in [0.2, 0.25) is 0 Å². The maximum absolute atomic E-state index is 5.24. The molecule has 0 amide bonds. The molecule has 0 aromatic carbocycles. The standard InChI is InChI=1S/C5H7Cl/c1-5(2)3-4-6/h1,3H,4H2,2H3/b5-3-. The Morgan fingerprint density at radius 1 is 2.00 bits per heavy atom. The molecule has 0 rings (SSSR count). The van der Waals surface area contributed by atoms with E-state index in [1.807, 2.05) is 6.92 Å². The highest BCUT2D eigenvalue weighted by Gasteiger charge is 1.69. The minimum absolute atomic E-state index is 0.516. The molecule has 0 aliphatic heterocycles. The van der Waals surface area contributed by atoms with E-state index in [9.17, 15) is 0 Å². The molecule has 0 unspecified atom stereocenters. The highest BCUT2D eigenvalue weighted by atomic mass is 35.5. The molecule has 0 atom stereocenters. The van der Waals surface area contributed by atoms with Crippen molar-refractivity contribution < 1.29 is 0 Å². The SMILES string of the molecule is [CH]/C(C)=C/CCl. The van der Waals surface area contributed by atoms with Gasteiger partial charge < -0.3 is 0 Å². The van der Waals surface area contributed by atoms with Gasteiger partial charge in [0.1, 0.15) is 0 Å². The first-order valence-electron chi connectivity index (χ1n) is 1.75. The topological polar surface area (TPSA) is 0 Å². The first kappa shape index (κ1) is 6.03. The lowest BCUT2D eigenvalue weighted by Crippen LogP contribution is -1.63. The van der Waals surface area contributed by atoms with E-state index < -0.39 is 0 Å². The summed E-state index contributed by atoms with van der Waals surface area (Å²) in [6.07, 6.45) is 1.75. The molecular formula is C5H7Cl. The van der Waals surface area contributed by atoms with Crippen molar-refractivity contribution in [2.45, 2.75) is 6.92 Å². The van der Waals surface area contributed by atoms with Gasteiger partial charge in [0.05, 0.1) is 0 Å². The van der Waals surface area contributed by atoms with Crippen LogP contribution in [0.25, 0.3) is 0 Å². The smallest absolute Gasteiger partial charge is 0.0406 e. The predicted molar refractivity (Wildman–Crippen MR) is 28.8 cm³/mol. The van der Waals surface area contributed by atoms with Crippen molar-refractivity contribution >= 4 is 11.6 Å². The van der Waals surface area contributed by atoms with Crippen LogP contribution in [0.2, 0.25) is 0 Å². The molecule has 2 radical (unpaired) electrons. The Balaban J connectivity index is 3.14. The fraction of sp³-hybridized carbons (Fsp3) is 0.400. The molecule has 0 N–H and O–H groups in total. The van der Waals surface area contributed by atoms with Crippen LogP contribution in [0.4, 0.5) is 0 Å². The maximum atomic E-state index is 5.24. The molecule has 34 valence electrons. The third-order valence-electron chi connectivity index (χ3n) is 0.399. The summed E-state index contributed by atoms with van der Waals surface area (Å²) in [5.74, 6) is 0.516. The van der Waals surface area contributed by atoms with Crippen molar-refractivity contribution in [3.05, 3.63) is 18.6 Å². The monoisotopic (exact) mass is 102 g/mol. The van der Waals surface area contributed by atoms with E-state index in [0.717, 1.165) is 5.57 Å². The Morgan fingerprint density at radius 2 is 2.50 bits per heavy atom. The van der Waals surface area contributed by atoms with Gasteiger partial charge in [0.25, 0.3) is 0 Å². The largest absolute Gasteiger partial charge is 0.122 e. The number of allylic oxidation sites excluding steroid dienone is 2. The summed E-state index contributed by atoms with van der Waals surface area (Å²) in [6.45, 7) is 6.99. The molecule has 0 saturated heterocycles. The van der Waals surface area contributed by atoms with E-state index in [1.165, 1.54) is 0 Å². The van der Waals surface area contributed by atoms with Crippen LogP contribution in [0.15, 0.2) is 11.6 Å². The van der Waals surface area contributed by atoms with Crippen molar-refractivity contribution in [1.82, 2.24) is 0 Å². The quantitative estimate of drug-likeness (QED) is 0.444. The number of halogens is 1. The van der Waals surface area contributed by atoms with E-state index in [2.05, 4.69) is 0 Å². The van der Waals surface area contributed by atoms with Crippen molar-refractivity contribution in [3.63, 3.8) is 0 Å². The van der Waals surface area contributed by atoms with Crippen LogP contribution in [-0.4, -0.2) is 5.88 Å². The molecule has 0 saturated carbocycles. The summed E-state index contributed by atoms with van der Waals surface area (Å²) in [5.41, 5.74) is 0.782. The molecule has 1 heteroatoms. The summed E-state index contributed by atoms with van der Waals surface area (Å²) in [7, 11) is 0. The lowest BCUT2D eigenvalue weighted by molar-refractivity contribution is 1.49. The minimum Gasteiger partial charge on any atom is -0.122 e. The second kappa shape index (κ2) is 3.23. The highest BCUT2D eigenvalue weighted by molar-refractivity contribution is 6.18. The molecule has 0 fully saturated rings. The van der Waals surface area contributed by atoms with Gasteiger partial charge in [-0.15, -0.1) is 11.6 Å². The fourth-order valence-electron chi connectivity index (χ4n) is 0.122. The Morgan fingerprint density at radius 3 is 2.50 bits per heavy atom. The first-order chi connectivity index (χ1) is 2.77.